The lowest BCUT2D eigenvalue weighted by Gasteiger charge is -2.17. The number of aryl methyl sites for hydroxylation is 1. The van der Waals surface area contributed by atoms with Crippen LogP contribution in [-0.4, -0.2) is 31.2 Å². The smallest absolute Gasteiger partial charge is 0.307 e. The van der Waals surface area contributed by atoms with Crippen LogP contribution in [0.1, 0.15) is 12.0 Å². The van der Waals surface area contributed by atoms with E-state index < -0.39 is 27.8 Å². The second-order valence-electron chi connectivity index (χ2n) is 4.30. The van der Waals surface area contributed by atoms with E-state index in [0.29, 0.717) is 0 Å². The van der Waals surface area contributed by atoms with Crippen molar-refractivity contribution in [2.24, 2.45) is 0 Å². The normalized spacial score (nSPS) is 20.4. The summed E-state index contributed by atoms with van der Waals surface area (Å²) in [4.78, 5) is 12.7. The third kappa shape index (κ3) is 2.31. The van der Waals surface area contributed by atoms with Crippen molar-refractivity contribution in [1.82, 2.24) is 0 Å². The van der Waals surface area contributed by atoms with Gasteiger partial charge in [-0.1, -0.05) is 6.07 Å². The van der Waals surface area contributed by atoms with Crippen LogP contribution in [0, 0.1) is 6.92 Å². The number of benzene rings is 1. The SMILES string of the molecule is Cc1ccc(N2CC(S(=O)(=O)F)CC2=O)c(O)c1. The molecule has 0 aromatic heterocycles. The maximum absolute atomic E-state index is 12.9. The maximum atomic E-state index is 12.9. The number of hydrogen-bond donors (Lipinski definition) is 1. The standard InChI is InChI=1S/C11H12FNO4S/c1-7-2-3-9(10(14)4-7)13-6-8(5-11(13)15)18(12,16)17/h2-4,8,14H,5-6H2,1H3. The first-order chi connectivity index (χ1) is 8.29. The molecule has 1 amide bonds. The van der Waals surface area contributed by atoms with E-state index in [1.807, 2.05) is 0 Å². The Bertz CT molecular complexity index is 599. The Labute approximate surface area is 104 Å². The maximum Gasteiger partial charge on any atom is 0.307 e. The molecule has 1 aromatic carbocycles. The van der Waals surface area contributed by atoms with Crippen LogP contribution in [0.4, 0.5) is 9.57 Å². The molecule has 5 nitrogen and oxygen atoms in total. The Hall–Kier alpha value is -1.63. The van der Waals surface area contributed by atoms with Gasteiger partial charge in [-0.15, -0.1) is 3.89 Å². The van der Waals surface area contributed by atoms with Gasteiger partial charge in [0.15, 0.2) is 0 Å². The van der Waals surface area contributed by atoms with Crippen LogP contribution in [0.2, 0.25) is 0 Å². The predicted octanol–water partition coefficient (Wildman–Crippen LogP) is 1.11. The van der Waals surface area contributed by atoms with Crippen LogP contribution in [0.5, 0.6) is 5.75 Å². The summed E-state index contributed by atoms with van der Waals surface area (Å²) in [6.45, 7) is 1.50. The summed E-state index contributed by atoms with van der Waals surface area (Å²) in [6, 6.07) is 4.65. The lowest BCUT2D eigenvalue weighted by molar-refractivity contribution is -0.117. The first-order valence-electron chi connectivity index (χ1n) is 5.32. The number of amides is 1. The van der Waals surface area contributed by atoms with Crippen molar-refractivity contribution in [3.8, 4) is 5.75 Å². The summed E-state index contributed by atoms with van der Waals surface area (Å²) in [7, 11) is -4.74. The van der Waals surface area contributed by atoms with E-state index in [2.05, 4.69) is 0 Å². The van der Waals surface area contributed by atoms with Crippen LogP contribution in [0.3, 0.4) is 0 Å². The van der Waals surface area contributed by atoms with Crippen molar-refractivity contribution < 1.29 is 22.2 Å². The Morgan fingerprint density at radius 2 is 2.11 bits per heavy atom. The van der Waals surface area contributed by atoms with E-state index in [0.717, 1.165) is 10.5 Å². The highest BCUT2D eigenvalue weighted by Crippen LogP contribution is 2.33. The first kappa shape index (κ1) is 12.8. The first-order valence-corrected chi connectivity index (χ1v) is 6.77. The van der Waals surface area contributed by atoms with E-state index in [1.165, 1.54) is 12.1 Å². The molecule has 1 atom stereocenters. The molecule has 0 spiro atoms. The van der Waals surface area contributed by atoms with E-state index in [1.54, 1.807) is 13.0 Å². The number of carbonyl (C=O) groups excluding carboxylic acids is 1. The van der Waals surface area contributed by atoms with Crippen LogP contribution >= 0.6 is 0 Å². The molecular weight excluding hydrogens is 261 g/mol. The second kappa shape index (κ2) is 4.24. The van der Waals surface area contributed by atoms with Crippen molar-refractivity contribution in [2.75, 3.05) is 11.4 Å². The number of phenols is 1. The highest BCUT2D eigenvalue weighted by atomic mass is 32.3. The minimum absolute atomic E-state index is 0.125. The van der Waals surface area contributed by atoms with Crippen molar-refractivity contribution in [1.29, 1.82) is 0 Å². The Morgan fingerprint density at radius 3 is 2.61 bits per heavy atom. The average molecular weight is 273 g/mol. The summed E-state index contributed by atoms with van der Waals surface area (Å²) < 4.78 is 34.4. The fourth-order valence-electron chi connectivity index (χ4n) is 1.96. The third-order valence-corrected chi connectivity index (χ3v) is 4.02. The Morgan fingerprint density at radius 1 is 1.44 bits per heavy atom. The van der Waals surface area contributed by atoms with Crippen molar-refractivity contribution in [3.63, 3.8) is 0 Å². The van der Waals surface area contributed by atoms with Gasteiger partial charge in [0.1, 0.15) is 11.0 Å². The van der Waals surface area contributed by atoms with Crippen molar-refractivity contribution in [3.05, 3.63) is 23.8 Å². The zero-order chi connectivity index (χ0) is 13.5. The van der Waals surface area contributed by atoms with Gasteiger partial charge in [-0.3, -0.25) is 4.79 Å². The lowest BCUT2D eigenvalue weighted by atomic mass is 10.2. The molecule has 0 radical (unpaired) electrons. The van der Waals surface area contributed by atoms with Gasteiger partial charge in [-0.2, -0.15) is 8.42 Å². The lowest BCUT2D eigenvalue weighted by Crippen LogP contribution is -2.26. The molecule has 18 heavy (non-hydrogen) atoms. The Kier molecular flexibility index (Phi) is 3.02. The number of hydrogen-bond acceptors (Lipinski definition) is 4. The van der Waals surface area contributed by atoms with Gasteiger partial charge < -0.3 is 10.0 Å². The van der Waals surface area contributed by atoms with Gasteiger partial charge in [-0.05, 0) is 24.6 Å². The zero-order valence-corrected chi connectivity index (χ0v) is 10.4. The molecule has 0 aliphatic carbocycles. The van der Waals surface area contributed by atoms with E-state index >= 15 is 0 Å². The number of aromatic hydroxyl groups is 1. The summed E-state index contributed by atoms with van der Waals surface area (Å²) in [6.07, 6.45) is -0.397. The number of phenolic OH excluding ortho intramolecular Hbond substituents is 1. The number of halogens is 1. The average Bonchev–Trinajstić information content (AvgIpc) is 2.60. The number of nitrogens with zero attached hydrogens (tertiary/aromatic N) is 1. The zero-order valence-electron chi connectivity index (χ0n) is 9.63. The molecule has 0 saturated carbocycles. The molecule has 1 unspecified atom stereocenters. The van der Waals surface area contributed by atoms with E-state index in [9.17, 15) is 22.2 Å². The summed E-state index contributed by atoms with van der Waals surface area (Å²) >= 11 is 0. The molecule has 1 N–H and O–H groups in total. The van der Waals surface area contributed by atoms with E-state index in [4.69, 9.17) is 0 Å². The van der Waals surface area contributed by atoms with Gasteiger partial charge in [0, 0.05) is 13.0 Å². The molecule has 1 aliphatic heterocycles. The summed E-state index contributed by atoms with van der Waals surface area (Å²) in [5.74, 6) is -0.638. The van der Waals surface area contributed by atoms with Crippen LogP contribution < -0.4 is 4.90 Å². The molecule has 7 heteroatoms. The topological polar surface area (TPSA) is 74.7 Å². The minimum atomic E-state index is -4.74. The van der Waals surface area contributed by atoms with Gasteiger partial charge >= 0.3 is 10.2 Å². The largest absolute Gasteiger partial charge is 0.506 e. The summed E-state index contributed by atoms with van der Waals surface area (Å²) in [5, 5.41) is 8.37. The molecule has 1 heterocycles. The fourth-order valence-corrected chi connectivity index (χ4v) is 2.63. The number of rotatable bonds is 2. The number of carbonyl (C=O) groups is 1. The quantitative estimate of drug-likeness (QED) is 0.819. The molecule has 1 fully saturated rings. The third-order valence-electron chi connectivity index (χ3n) is 2.91. The number of anilines is 1. The molecule has 1 aromatic rings. The predicted molar refractivity (Wildman–Crippen MR) is 63.6 cm³/mol. The molecule has 1 aliphatic rings. The highest BCUT2D eigenvalue weighted by Gasteiger charge is 2.39. The Balaban J connectivity index is 2.33. The van der Waals surface area contributed by atoms with Crippen molar-refractivity contribution >= 4 is 21.8 Å². The van der Waals surface area contributed by atoms with Gasteiger partial charge in [0.25, 0.3) is 0 Å². The monoisotopic (exact) mass is 273 g/mol. The molecule has 1 saturated heterocycles. The molecular formula is C11H12FNO4S. The second-order valence-corrected chi connectivity index (χ2v) is 5.92. The molecule has 2 rings (SSSR count). The van der Waals surface area contributed by atoms with Gasteiger partial charge in [0.05, 0.1) is 5.69 Å². The highest BCUT2D eigenvalue weighted by molar-refractivity contribution is 7.87. The molecule has 0 bridgehead atoms. The van der Waals surface area contributed by atoms with Gasteiger partial charge in [0.2, 0.25) is 5.91 Å². The van der Waals surface area contributed by atoms with Crippen molar-refractivity contribution in [2.45, 2.75) is 18.6 Å². The van der Waals surface area contributed by atoms with Crippen LogP contribution in [0.15, 0.2) is 18.2 Å². The van der Waals surface area contributed by atoms with Gasteiger partial charge in [-0.25, -0.2) is 0 Å². The minimum Gasteiger partial charge on any atom is -0.506 e. The molecule has 98 valence electrons. The van der Waals surface area contributed by atoms with E-state index in [-0.39, 0.29) is 18.0 Å². The van der Waals surface area contributed by atoms with Crippen LogP contribution in [-0.2, 0) is 15.0 Å². The van der Waals surface area contributed by atoms with Crippen LogP contribution in [0.25, 0.3) is 0 Å². The fraction of sp³-hybridized carbons (Fsp3) is 0.364. The summed E-state index contributed by atoms with van der Waals surface area (Å²) in [5.41, 5.74) is 1.01.